The van der Waals surface area contributed by atoms with Gasteiger partial charge in [-0.05, 0) is 55.4 Å². The maximum atomic E-state index is 6.13. The molecule has 2 nitrogen and oxygen atoms in total. The topological polar surface area (TPSA) is 29.3 Å². The van der Waals surface area contributed by atoms with Crippen molar-refractivity contribution < 1.29 is 0 Å². The van der Waals surface area contributed by atoms with Gasteiger partial charge in [-0.15, -0.1) is 0 Å². The summed E-state index contributed by atoms with van der Waals surface area (Å²) in [5.41, 5.74) is 8.84. The third-order valence-corrected chi connectivity index (χ3v) is 4.71. The number of nitrogens with two attached hydrogens (primary N) is 1. The normalized spacial score (nSPS) is 17.1. The first-order chi connectivity index (χ1) is 9.10. The highest BCUT2D eigenvalue weighted by atomic mass is 79.9. The van der Waals surface area contributed by atoms with Crippen molar-refractivity contribution in [3.05, 3.63) is 28.2 Å². The lowest BCUT2D eigenvalue weighted by Crippen LogP contribution is -2.30. The summed E-state index contributed by atoms with van der Waals surface area (Å²) in [7, 11) is 2.21. The second-order valence-electron chi connectivity index (χ2n) is 5.82. The molecule has 3 heteroatoms. The molecule has 106 valence electrons. The molecule has 1 aromatic carbocycles. The van der Waals surface area contributed by atoms with Gasteiger partial charge in [0, 0.05) is 29.8 Å². The molecule has 0 saturated heterocycles. The molecule has 19 heavy (non-hydrogen) atoms. The first kappa shape index (κ1) is 14.9. The minimum atomic E-state index is 0.255. The van der Waals surface area contributed by atoms with E-state index in [-0.39, 0.29) is 6.04 Å². The van der Waals surface area contributed by atoms with E-state index in [4.69, 9.17) is 5.73 Å². The maximum absolute atomic E-state index is 6.13. The molecular formula is C16H25BrN2. The van der Waals surface area contributed by atoms with E-state index in [9.17, 15) is 0 Å². The Morgan fingerprint density at radius 1 is 1.42 bits per heavy atom. The van der Waals surface area contributed by atoms with Gasteiger partial charge in [-0.3, -0.25) is 0 Å². The molecule has 0 aliphatic heterocycles. The van der Waals surface area contributed by atoms with Crippen LogP contribution in [0.1, 0.15) is 38.2 Å². The van der Waals surface area contributed by atoms with Crippen molar-refractivity contribution in [3.63, 3.8) is 0 Å². The van der Waals surface area contributed by atoms with E-state index in [1.54, 1.807) is 0 Å². The van der Waals surface area contributed by atoms with Gasteiger partial charge in [-0.1, -0.05) is 29.3 Å². The molecule has 0 bridgehead atoms. The second-order valence-corrected chi connectivity index (χ2v) is 6.74. The molecule has 2 N–H and O–H groups in total. The van der Waals surface area contributed by atoms with E-state index < -0.39 is 0 Å². The molecule has 1 aromatic rings. The lowest BCUT2D eigenvalue weighted by molar-refractivity contribution is 0.321. The van der Waals surface area contributed by atoms with Crippen LogP contribution in [0, 0.1) is 5.92 Å². The van der Waals surface area contributed by atoms with Crippen LogP contribution in [0.15, 0.2) is 22.7 Å². The average molecular weight is 325 g/mol. The molecule has 1 atom stereocenters. The highest BCUT2D eigenvalue weighted by Gasteiger charge is 2.20. The first-order valence-corrected chi connectivity index (χ1v) is 8.14. The molecule has 1 aliphatic carbocycles. The van der Waals surface area contributed by atoms with Crippen LogP contribution in [0.3, 0.4) is 0 Å². The number of hydrogen-bond acceptors (Lipinski definition) is 2. The first-order valence-electron chi connectivity index (χ1n) is 7.35. The Hall–Kier alpha value is -0.540. The van der Waals surface area contributed by atoms with E-state index in [0.29, 0.717) is 0 Å². The van der Waals surface area contributed by atoms with Gasteiger partial charge in [0.2, 0.25) is 0 Å². The predicted molar refractivity (Wildman–Crippen MR) is 86.7 cm³/mol. The van der Waals surface area contributed by atoms with Gasteiger partial charge in [0.25, 0.3) is 0 Å². The Bertz CT molecular complexity index is 415. The van der Waals surface area contributed by atoms with Crippen molar-refractivity contribution >= 4 is 21.6 Å². The van der Waals surface area contributed by atoms with Crippen molar-refractivity contribution in [2.24, 2.45) is 11.7 Å². The van der Waals surface area contributed by atoms with Crippen molar-refractivity contribution in [1.82, 2.24) is 0 Å². The quantitative estimate of drug-likeness (QED) is 0.858. The predicted octanol–water partition coefficient (Wildman–Crippen LogP) is 3.97. The van der Waals surface area contributed by atoms with E-state index in [1.165, 1.54) is 37.1 Å². The summed E-state index contributed by atoms with van der Waals surface area (Å²) in [5.74, 6) is 0.890. The number of benzene rings is 1. The van der Waals surface area contributed by atoms with Gasteiger partial charge in [-0.25, -0.2) is 0 Å². The number of anilines is 1. The SMILES string of the molecule is CCC(N)Cc1cc(Br)ccc1N(C)CC1CCC1. The number of nitrogens with zero attached hydrogens (tertiary/aromatic N) is 1. The van der Waals surface area contributed by atoms with Crippen LogP contribution < -0.4 is 10.6 Å². The number of halogens is 1. The number of hydrogen-bond donors (Lipinski definition) is 1. The van der Waals surface area contributed by atoms with Crippen molar-refractivity contribution in [2.75, 3.05) is 18.5 Å². The van der Waals surface area contributed by atoms with E-state index in [1.807, 2.05) is 0 Å². The fourth-order valence-electron chi connectivity index (χ4n) is 2.68. The van der Waals surface area contributed by atoms with Gasteiger partial charge in [-0.2, -0.15) is 0 Å². The van der Waals surface area contributed by atoms with E-state index in [2.05, 4.69) is 53.0 Å². The Labute approximate surface area is 125 Å². The largest absolute Gasteiger partial charge is 0.374 e. The van der Waals surface area contributed by atoms with Crippen LogP contribution in [-0.2, 0) is 6.42 Å². The molecule has 0 radical (unpaired) electrons. The zero-order chi connectivity index (χ0) is 13.8. The molecule has 0 amide bonds. The fourth-order valence-corrected chi connectivity index (χ4v) is 3.09. The van der Waals surface area contributed by atoms with Crippen molar-refractivity contribution in [3.8, 4) is 0 Å². The van der Waals surface area contributed by atoms with Gasteiger partial charge < -0.3 is 10.6 Å². The molecule has 0 spiro atoms. The van der Waals surface area contributed by atoms with E-state index >= 15 is 0 Å². The summed E-state index contributed by atoms with van der Waals surface area (Å²) in [4.78, 5) is 2.41. The Morgan fingerprint density at radius 2 is 2.16 bits per heavy atom. The van der Waals surface area contributed by atoms with Crippen LogP contribution in [-0.4, -0.2) is 19.6 Å². The average Bonchev–Trinajstić information content (AvgIpc) is 2.33. The second kappa shape index (κ2) is 6.76. The van der Waals surface area contributed by atoms with Crippen LogP contribution in [0.25, 0.3) is 0 Å². The standard InChI is InChI=1S/C16H25BrN2/c1-3-15(18)10-13-9-14(17)7-8-16(13)19(2)11-12-5-4-6-12/h7-9,12,15H,3-6,10-11,18H2,1-2H3. The molecule has 1 saturated carbocycles. The smallest absolute Gasteiger partial charge is 0.0397 e. The van der Waals surface area contributed by atoms with Crippen LogP contribution in [0.2, 0.25) is 0 Å². The summed E-state index contributed by atoms with van der Waals surface area (Å²) in [5, 5.41) is 0. The number of rotatable bonds is 6. The van der Waals surface area contributed by atoms with Gasteiger partial charge in [0.15, 0.2) is 0 Å². The van der Waals surface area contributed by atoms with Gasteiger partial charge in [0.1, 0.15) is 0 Å². The molecule has 0 aromatic heterocycles. The Balaban J connectivity index is 2.12. The minimum Gasteiger partial charge on any atom is -0.374 e. The highest BCUT2D eigenvalue weighted by Crippen LogP contribution is 2.31. The van der Waals surface area contributed by atoms with Crippen molar-refractivity contribution in [1.29, 1.82) is 0 Å². The van der Waals surface area contributed by atoms with Crippen LogP contribution in [0.4, 0.5) is 5.69 Å². The maximum Gasteiger partial charge on any atom is 0.0397 e. The molecule has 1 fully saturated rings. The van der Waals surface area contributed by atoms with Gasteiger partial charge >= 0.3 is 0 Å². The third-order valence-electron chi connectivity index (χ3n) is 4.22. The lowest BCUT2D eigenvalue weighted by Gasteiger charge is -2.32. The minimum absolute atomic E-state index is 0.255. The molecule has 2 rings (SSSR count). The highest BCUT2D eigenvalue weighted by molar-refractivity contribution is 9.10. The monoisotopic (exact) mass is 324 g/mol. The summed E-state index contributed by atoms with van der Waals surface area (Å²) in [6.45, 7) is 3.33. The molecule has 1 unspecified atom stereocenters. The Kier molecular flexibility index (Phi) is 5.28. The summed E-state index contributed by atoms with van der Waals surface area (Å²) in [6, 6.07) is 6.83. The van der Waals surface area contributed by atoms with Gasteiger partial charge in [0.05, 0.1) is 0 Å². The molecule has 1 aliphatic rings. The zero-order valence-electron chi connectivity index (χ0n) is 12.0. The molecule has 0 heterocycles. The van der Waals surface area contributed by atoms with Crippen LogP contribution >= 0.6 is 15.9 Å². The fraction of sp³-hybridized carbons (Fsp3) is 0.625. The van der Waals surface area contributed by atoms with Crippen LogP contribution in [0.5, 0.6) is 0 Å². The third kappa shape index (κ3) is 3.96. The summed E-state index contributed by atoms with van der Waals surface area (Å²) < 4.78 is 1.14. The summed E-state index contributed by atoms with van der Waals surface area (Å²) in [6.07, 6.45) is 6.18. The Morgan fingerprint density at radius 3 is 2.74 bits per heavy atom. The summed E-state index contributed by atoms with van der Waals surface area (Å²) >= 11 is 3.57. The lowest BCUT2D eigenvalue weighted by atomic mass is 9.85. The van der Waals surface area contributed by atoms with E-state index in [0.717, 1.165) is 23.2 Å². The zero-order valence-corrected chi connectivity index (χ0v) is 13.6. The van der Waals surface area contributed by atoms with Crippen molar-refractivity contribution in [2.45, 2.75) is 45.1 Å². The molecular weight excluding hydrogens is 300 g/mol.